The van der Waals surface area contributed by atoms with Crippen LogP contribution in [0.5, 0.6) is 0 Å². The Morgan fingerprint density at radius 1 is 1.35 bits per heavy atom. The fourth-order valence-corrected chi connectivity index (χ4v) is 3.69. The van der Waals surface area contributed by atoms with Gasteiger partial charge in [-0.25, -0.2) is 4.98 Å². The van der Waals surface area contributed by atoms with E-state index < -0.39 is 5.97 Å². The van der Waals surface area contributed by atoms with Crippen molar-refractivity contribution in [2.75, 3.05) is 6.54 Å². The van der Waals surface area contributed by atoms with Gasteiger partial charge in [-0.3, -0.25) is 9.59 Å². The molecule has 1 aromatic heterocycles. The molecule has 23 heavy (non-hydrogen) atoms. The van der Waals surface area contributed by atoms with Crippen molar-refractivity contribution in [3.05, 3.63) is 40.4 Å². The summed E-state index contributed by atoms with van der Waals surface area (Å²) in [4.78, 5) is 29.5. The van der Waals surface area contributed by atoms with E-state index in [1.165, 1.54) is 11.3 Å². The third kappa shape index (κ3) is 3.54. The quantitative estimate of drug-likeness (QED) is 0.915. The lowest BCUT2D eigenvalue weighted by Gasteiger charge is -2.22. The maximum Gasteiger partial charge on any atom is 0.305 e. The monoisotopic (exact) mass is 350 g/mol. The summed E-state index contributed by atoms with van der Waals surface area (Å²) in [6.07, 6.45) is 1.55. The molecule has 1 saturated heterocycles. The molecule has 1 atom stereocenters. The smallest absolute Gasteiger partial charge is 0.305 e. The molecule has 0 radical (unpaired) electrons. The number of benzene rings is 1. The fourth-order valence-electron chi connectivity index (χ4n) is 2.76. The third-order valence-electron chi connectivity index (χ3n) is 3.86. The second-order valence-corrected chi connectivity index (χ2v) is 6.73. The number of thiazole rings is 1. The van der Waals surface area contributed by atoms with Crippen LogP contribution in [0.25, 0.3) is 10.6 Å². The zero-order valence-corrected chi connectivity index (χ0v) is 13.8. The van der Waals surface area contributed by atoms with E-state index in [1.807, 2.05) is 12.1 Å². The lowest BCUT2D eigenvalue weighted by atomic mass is 10.1. The average molecular weight is 351 g/mol. The summed E-state index contributed by atoms with van der Waals surface area (Å²) in [6, 6.07) is 7.05. The van der Waals surface area contributed by atoms with Crippen molar-refractivity contribution in [3.63, 3.8) is 0 Å². The third-order valence-corrected chi connectivity index (χ3v) is 5.01. The van der Waals surface area contributed by atoms with Gasteiger partial charge in [-0.15, -0.1) is 11.3 Å². The molecular weight excluding hydrogens is 336 g/mol. The SMILES string of the molecule is O=C(O)CC1CCCN1C(=O)c1csc(-c2ccc(Cl)cc2)n1. The Bertz CT molecular complexity index is 729. The van der Waals surface area contributed by atoms with Crippen LogP contribution in [-0.2, 0) is 4.79 Å². The molecule has 3 rings (SSSR count). The van der Waals surface area contributed by atoms with Crippen molar-refractivity contribution < 1.29 is 14.7 Å². The van der Waals surface area contributed by atoms with E-state index in [-0.39, 0.29) is 18.4 Å². The van der Waals surface area contributed by atoms with E-state index in [4.69, 9.17) is 16.7 Å². The first-order chi connectivity index (χ1) is 11.0. The minimum absolute atomic E-state index is 0.0140. The van der Waals surface area contributed by atoms with Crippen LogP contribution in [0, 0.1) is 0 Å². The van der Waals surface area contributed by atoms with Gasteiger partial charge < -0.3 is 10.0 Å². The van der Waals surface area contributed by atoms with Crippen LogP contribution in [0.4, 0.5) is 0 Å². The number of carboxylic acid groups (broad SMARTS) is 1. The Kier molecular flexibility index (Phi) is 4.63. The van der Waals surface area contributed by atoms with E-state index in [9.17, 15) is 9.59 Å². The number of likely N-dealkylation sites (tertiary alicyclic amines) is 1. The Morgan fingerprint density at radius 2 is 2.09 bits per heavy atom. The molecule has 0 saturated carbocycles. The first-order valence-corrected chi connectivity index (χ1v) is 8.54. The first kappa shape index (κ1) is 16.0. The number of carbonyl (C=O) groups is 2. The molecule has 0 spiro atoms. The predicted molar refractivity (Wildman–Crippen MR) is 88.9 cm³/mol. The number of carbonyl (C=O) groups excluding carboxylic acids is 1. The summed E-state index contributed by atoms with van der Waals surface area (Å²) in [5.74, 6) is -1.07. The second kappa shape index (κ2) is 6.68. The van der Waals surface area contributed by atoms with Crippen molar-refractivity contribution >= 4 is 34.8 Å². The zero-order valence-electron chi connectivity index (χ0n) is 12.2. The topological polar surface area (TPSA) is 70.5 Å². The van der Waals surface area contributed by atoms with Crippen molar-refractivity contribution in [2.45, 2.75) is 25.3 Å². The van der Waals surface area contributed by atoms with E-state index in [2.05, 4.69) is 4.98 Å². The van der Waals surface area contributed by atoms with Crippen LogP contribution in [0.15, 0.2) is 29.6 Å². The summed E-state index contributed by atoms with van der Waals surface area (Å²) in [5, 5.41) is 12.1. The van der Waals surface area contributed by atoms with Gasteiger partial charge in [0.1, 0.15) is 10.7 Å². The van der Waals surface area contributed by atoms with Gasteiger partial charge in [0.25, 0.3) is 5.91 Å². The highest BCUT2D eigenvalue weighted by atomic mass is 35.5. The maximum absolute atomic E-state index is 12.6. The second-order valence-electron chi connectivity index (χ2n) is 5.44. The summed E-state index contributed by atoms with van der Waals surface area (Å²) in [6.45, 7) is 0.588. The van der Waals surface area contributed by atoms with E-state index in [0.29, 0.717) is 17.3 Å². The fraction of sp³-hybridized carbons (Fsp3) is 0.312. The largest absolute Gasteiger partial charge is 0.481 e. The molecule has 1 amide bonds. The Morgan fingerprint density at radius 3 is 2.78 bits per heavy atom. The van der Waals surface area contributed by atoms with Crippen LogP contribution in [-0.4, -0.2) is 39.5 Å². The van der Waals surface area contributed by atoms with Crippen LogP contribution < -0.4 is 0 Å². The lowest BCUT2D eigenvalue weighted by molar-refractivity contribution is -0.137. The maximum atomic E-state index is 12.6. The van der Waals surface area contributed by atoms with Gasteiger partial charge in [0.05, 0.1) is 6.42 Å². The van der Waals surface area contributed by atoms with E-state index in [1.54, 1.807) is 22.4 Å². The number of amides is 1. The molecule has 1 aliphatic heterocycles. The van der Waals surface area contributed by atoms with E-state index >= 15 is 0 Å². The van der Waals surface area contributed by atoms with Gasteiger partial charge in [-0.05, 0) is 25.0 Å². The minimum Gasteiger partial charge on any atom is -0.481 e. The molecule has 2 heterocycles. The van der Waals surface area contributed by atoms with Crippen LogP contribution in [0.3, 0.4) is 0 Å². The van der Waals surface area contributed by atoms with Crippen LogP contribution >= 0.6 is 22.9 Å². The van der Waals surface area contributed by atoms with Gasteiger partial charge in [0.15, 0.2) is 0 Å². The normalized spacial score (nSPS) is 17.4. The van der Waals surface area contributed by atoms with Crippen molar-refractivity contribution in [1.29, 1.82) is 0 Å². The number of aromatic nitrogens is 1. The number of hydrogen-bond acceptors (Lipinski definition) is 4. The Balaban J connectivity index is 1.78. The molecule has 120 valence electrons. The molecular formula is C16H15ClN2O3S. The van der Waals surface area contributed by atoms with Gasteiger partial charge in [0.2, 0.25) is 0 Å². The number of nitrogens with zero attached hydrogens (tertiary/aromatic N) is 2. The molecule has 7 heteroatoms. The predicted octanol–water partition coefficient (Wildman–Crippen LogP) is 3.54. The summed E-state index contributed by atoms with van der Waals surface area (Å²) in [5.41, 5.74) is 1.28. The van der Waals surface area contributed by atoms with Gasteiger partial charge in [-0.2, -0.15) is 0 Å². The molecule has 1 aromatic carbocycles. The van der Waals surface area contributed by atoms with Gasteiger partial charge in [-0.1, -0.05) is 23.7 Å². The van der Waals surface area contributed by atoms with Gasteiger partial charge >= 0.3 is 5.97 Å². The van der Waals surface area contributed by atoms with Gasteiger partial charge in [0, 0.05) is 28.6 Å². The van der Waals surface area contributed by atoms with Crippen LogP contribution in [0.1, 0.15) is 29.8 Å². The zero-order chi connectivity index (χ0) is 16.4. The Labute approximate surface area is 142 Å². The van der Waals surface area contributed by atoms with Crippen molar-refractivity contribution in [2.24, 2.45) is 0 Å². The van der Waals surface area contributed by atoms with Crippen LogP contribution in [0.2, 0.25) is 5.02 Å². The minimum atomic E-state index is -0.880. The van der Waals surface area contributed by atoms with E-state index in [0.717, 1.165) is 23.4 Å². The molecule has 5 nitrogen and oxygen atoms in total. The standard InChI is InChI=1S/C16H15ClN2O3S/c17-11-5-3-10(4-6-11)15-18-13(9-23-15)16(22)19-7-1-2-12(19)8-14(20)21/h3-6,9,12H,1-2,7-8H2,(H,20,21). The molecule has 1 unspecified atom stereocenters. The van der Waals surface area contributed by atoms with Crippen molar-refractivity contribution in [3.8, 4) is 10.6 Å². The number of aliphatic carboxylic acids is 1. The highest BCUT2D eigenvalue weighted by Gasteiger charge is 2.32. The summed E-state index contributed by atoms with van der Waals surface area (Å²) >= 11 is 7.27. The molecule has 1 aliphatic rings. The highest BCUT2D eigenvalue weighted by Crippen LogP contribution is 2.27. The molecule has 0 bridgehead atoms. The molecule has 0 aliphatic carbocycles. The number of carboxylic acids is 1. The number of rotatable bonds is 4. The number of halogens is 1. The van der Waals surface area contributed by atoms with Crippen molar-refractivity contribution in [1.82, 2.24) is 9.88 Å². The first-order valence-electron chi connectivity index (χ1n) is 7.29. The summed E-state index contributed by atoms with van der Waals surface area (Å²) in [7, 11) is 0. The number of hydrogen-bond donors (Lipinski definition) is 1. The molecule has 1 fully saturated rings. The lowest BCUT2D eigenvalue weighted by Crippen LogP contribution is -2.37. The summed E-state index contributed by atoms with van der Waals surface area (Å²) < 4.78 is 0. The average Bonchev–Trinajstić information content (AvgIpc) is 3.16. The molecule has 1 N–H and O–H groups in total. The molecule has 2 aromatic rings. The Hall–Kier alpha value is -1.92. The highest BCUT2D eigenvalue weighted by molar-refractivity contribution is 7.13.